The standard InChI is InChI=1S/C24H27N5O4S/c1-2-11-29-22-8-7-20(34(31,32)28-12-14-33-15-13-28)16-21(22)27-23(29)9-10-24(30)26-19-5-3-18(17-25)4-6-19/h3-8,16H,2,9-15H2,1H3,(H,26,30). The molecule has 4 rings (SSSR count). The number of carbonyl (C=O) groups is 1. The number of rotatable bonds is 8. The summed E-state index contributed by atoms with van der Waals surface area (Å²) in [6, 6.07) is 13.8. The summed E-state index contributed by atoms with van der Waals surface area (Å²) in [6.45, 7) is 4.24. The molecular weight excluding hydrogens is 454 g/mol. The maximum atomic E-state index is 13.0. The van der Waals surface area contributed by atoms with Crippen molar-refractivity contribution in [3.63, 3.8) is 0 Å². The first kappa shape index (κ1) is 23.9. The Bertz CT molecular complexity index is 1320. The third-order valence-corrected chi connectivity index (χ3v) is 7.62. The number of ether oxygens (including phenoxy) is 1. The van der Waals surface area contributed by atoms with E-state index in [0.29, 0.717) is 49.5 Å². The smallest absolute Gasteiger partial charge is 0.243 e. The van der Waals surface area contributed by atoms with Gasteiger partial charge in [0.05, 0.1) is 40.8 Å². The van der Waals surface area contributed by atoms with Gasteiger partial charge >= 0.3 is 0 Å². The number of morpholine rings is 1. The molecule has 1 saturated heterocycles. The minimum absolute atomic E-state index is 0.157. The first-order valence-corrected chi connectivity index (χ1v) is 12.7. The number of nitriles is 1. The van der Waals surface area contributed by atoms with Crippen LogP contribution in [-0.2, 0) is 32.5 Å². The molecule has 34 heavy (non-hydrogen) atoms. The Balaban J connectivity index is 1.52. The summed E-state index contributed by atoms with van der Waals surface area (Å²) in [5, 5.41) is 11.7. The Morgan fingerprint density at radius 3 is 2.59 bits per heavy atom. The minimum Gasteiger partial charge on any atom is -0.379 e. The van der Waals surface area contributed by atoms with Gasteiger partial charge in [-0.15, -0.1) is 0 Å². The van der Waals surface area contributed by atoms with Gasteiger partial charge in [0.2, 0.25) is 15.9 Å². The first-order valence-electron chi connectivity index (χ1n) is 11.3. The summed E-state index contributed by atoms with van der Waals surface area (Å²) in [5.41, 5.74) is 2.61. The normalized spacial score (nSPS) is 14.7. The SMILES string of the molecule is CCCn1c(CCC(=O)Nc2ccc(C#N)cc2)nc2cc(S(=O)(=O)N3CCOCC3)ccc21. The number of anilines is 1. The predicted octanol–water partition coefficient (Wildman–Crippen LogP) is 2.91. The Labute approximate surface area is 199 Å². The second-order valence-electron chi connectivity index (χ2n) is 8.08. The largest absolute Gasteiger partial charge is 0.379 e. The summed E-state index contributed by atoms with van der Waals surface area (Å²) in [6.07, 6.45) is 1.53. The molecule has 0 unspecified atom stereocenters. The van der Waals surface area contributed by atoms with E-state index in [1.807, 2.05) is 6.07 Å². The Morgan fingerprint density at radius 1 is 1.18 bits per heavy atom. The van der Waals surface area contributed by atoms with E-state index in [-0.39, 0.29) is 17.2 Å². The molecule has 0 aliphatic carbocycles. The van der Waals surface area contributed by atoms with Gasteiger partial charge in [0.25, 0.3) is 0 Å². The zero-order valence-electron chi connectivity index (χ0n) is 19.0. The van der Waals surface area contributed by atoms with Crippen LogP contribution < -0.4 is 5.32 Å². The van der Waals surface area contributed by atoms with Crippen molar-refractivity contribution < 1.29 is 17.9 Å². The molecule has 1 aliphatic rings. The molecule has 2 heterocycles. The molecule has 1 N–H and O–H groups in total. The van der Waals surface area contributed by atoms with Crippen LogP contribution in [0.25, 0.3) is 11.0 Å². The van der Waals surface area contributed by atoms with Crippen LogP contribution in [0.15, 0.2) is 47.4 Å². The average molecular weight is 482 g/mol. The molecule has 9 nitrogen and oxygen atoms in total. The van der Waals surface area contributed by atoms with E-state index < -0.39 is 10.0 Å². The molecule has 3 aromatic rings. The highest BCUT2D eigenvalue weighted by Gasteiger charge is 2.27. The molecule has 1 aromatic heterocycles. The predicted molar refractivity (Wildman–Crippen MR) is 128 cm³/mol. The van der Waals surface area contributed by atoms with Crippen molar-refractivity contribution in [1.82, 2.24) is 13.9 Å². The number of nitrogens with one attached hydrogen (secondary N) is 1. The van der Waals surface area contributed by atoms with Crippen molar-refractivity contribution in [2.75, 3.05) is 31.6 Å². The number of hydrogen-bond acceptors (Lipinski definition) is 6. The van der Waals surface area contributed by atoms with Crippen LogP contribution in [0.1, 0.15) is 31.2 Å². The van der Waals surface area contributed by atoms with Crippen molar-refractivity contribution >= 4 is 32.7 Å². The monoisotopic (exact) mass is 481 g/mol. The fourth-order valence-electron chi connectivity index (χ4n) is 4.00. The van der Waals surface area contributed by atoms with Gasteiger partial charge in [0.1, 0.15) is 5.82 Å². The number of aromatic nitrogens is 2. The average Bonchev–Trinajstić information content (AvgIpc) is 3.20. The van der Waals surface area contributed by atoms with Gasteiger partial charge in [-0.2, -0.15) is 9.57 Å². The van der Waals surface area contributed by atoms with Crippen molar-refractivity contribution in [1.29, 1.82) is 5.26 Å². The zero-order valence-corrected chi connectivity index (χ0v) is 19.8. The molecule has 0 spiro atoms. The van der Waals surface area contributed by atoms with Gasteiger partial charge in [-0.05, 0) is 48.9 Å². The number of amides is 1. The molecule has 1 aliphatic heterocycles. The number of aryl methyl sites for hydroxylation is 2. The van der Waals surface area contributed by atoms with Crippen LogP contribution in [0.4, 0.5) is 5.69 Å². The summed E-state index contributed by atoms with van der Waals surface area (Å²) in [7, 11) is -3.61. The lowest BCUT2D eigenvalue weighted by molar-refractivity contribution is -0.116. The third kappa shape index (κ3) is 5.12. The fourth-order valence-corrected chi connectivity index (χ4v) is 5.43. The minimum atomic E-state index is -3.61. The van der Waals surface area contributed by atoms with E-state index in [2.05, 4.69) is 16.8 Å². The molecular formula is C24H27N5O4S. The topological polar surface area (TPSA) is 117 Å². The molecule has 1 amide bonds. The van der Waals surface area contributed by atoms with Crippen molar-refractivity contribution in [3.8, 4) is 6.07 Å². The zero-order chi connectivity index (χ0) is 24.1. The summed E-state index contributed by atoms with van der Waals surface area (Å²) in [4.78, 5) is 17.4. The molecule has 178 valence electrons. The second-order valence-corrected chi connectivity index (χ2v) is 10.0. The fraction of sp³-hybridized carbons (Fsp3) is 0.375. The molecule has 0 bridgehead atoms. The van der Waals surface area contributed by atoms with E-state index >= 15 is 0 Å². The maximum Gasteiger partial charge on any atom is 0.243 e. The van der Waals surface area contributed by atoms with Gasteiger partial charge in [0.15, 0.2) is 0 Å². The third-order valence-electron chi connectivity index (χ3n) is 5.73. The molecule has 1 fully saturated rings. The lowest BCUT2D eigenvalue weighted by Gasteiger charge is -2.26. The Kier molecular flexibility index (Phi) is 7.26. The van der Waals surface area contributed by atoms with Gasteiger partial charge < -0.3 is 14.6 Å². The highest BCUT2D eigenvalue weighted by molar-refractivity contribution is 7.89. The van der Waals surface area contributed by atoms with Crippen molar-refractivity contribution in [2.24, 2.45) is 0 Å². The number of imidazole rings is 1. The molecule has 0 radical (unpaired) electrons. The molecule has 0 saturated carbocycles. The van der Waals surface area contributed by atoms with Crippen LogP contribution in [0.2, 0.25) is 0 Å². The summed E-state index contributed by atoms with van der Waals surface area (Å²) >= 11 is 0. The van der Waals surface area contributed by atoms with Gasteiger partial charge in [-0.3, -0.25) is 4.79 Å². The highest BCUT2D eigenvalue weighted by Crippen LogP contribution is 2.24. The Morgan fingerprint density at radius 2 is 1.91 bits per heavy atom. The van der Waals surface area contributed by atoms with Crippen LogP contribution in [0.5, 0.6) is 0 Å². The highest BCUT2D eigenvalue weighted by atomic mass is 32.2. The van der Waals surface area contributed by atoms with Crippen molar-refractivity contribution in [2.45, 2.75) is 37.6 Å². The van der Waals surface area contributed by atoms with Crippen LogP contribution in [0, 0.1) is 11.3 Å². The number of hydrogen-bond donors (Lipinski definition) is 1. The van der Waals surface area contributed by atoms with Crippen LogP contribution >= 0.6 is 0 Å². The lowest BCUT2D eigenvalue weighted by Crippen LogP contribution is -2.40. The number of nitrogens with zero attached hydrogens (tertiary/aromatic N) is 4. The van der Waals surface area contributed by atoms with Gasteiger partial charge in [-0.1, -0.05) is 6.92 Å². The Hall–Kier alpha value is -3.26. The first-order chi connectivity index (χ1) is 16.4. The van der Waals surface area contributed by atoms with E-state index in [1.165, 1.54) is 4.31 Å². The molecule has 2 aromatic carbocycles. The van der Waals surface area contributed by atoms with E-state index in [1.54, 1.807) is 42.5 Å². The van der Waals surface area contributed by atoms with Crippen LogP contribution in [0.3, 0.4) is 0 Å². The summed E-state index contributed by atoms with van der Waals surface area (Å²) in [5.74, 6) is 0.586. The number of benzene rings is 2. The lowest BCUT2D eigenvalue weighted by atomic mass is 10.2. The maximum absolute atomic E-state index is 13.0. The number of fused-ring (bicyclic) bond motifs is 1. The van der Waals surface area contributed by atoms with Crippen LogP contribution in [-0.4, -0.2) is 54.5 Å². The van der Waals surface area contributed by atoms with Crippen molar-refractivity contribution in [3.05, 3.63) is 53.9 Å². The van der Waals surface area contributed by atoms with Gasteiger partial charge in [0, 0.05) is 38.2 Å². The summed E-state index contributed by atoms with van der Waals surface area (Å²) < 4.78 is 34.8. The second kappa shape index (κ2) is 10.3. The molecule has 10 heteroatoms. The van der Waals surface area contributed by atoms with E-state index in [9.17, 15) is 13.2 Å². The van der Waals surface area contributed by atoms with Gasteiger partial charge in [-0.25, -0.2) is 13.4 Å². The van der Waals surface area contributed by atoms with E-state index in [4.69, 9.17) is 15.0 Å². The number of sulfonamides is 1. The van der Waals surface area contributed by atoms with E-state index in [0.717, 1.165) is 24.3 Å². The quantitative estimate of drug-likeness (QED) is 0.529. The molecule has 0 atom stereocenters. The number of carbonyl (C=O) groups excluding carboxylic acids is 1.